The van der Waals surface area contributed by atoms with E-state index in [1.165, 1.54) is 5.56 Å². The van der Waals surface area contributed by atoms with E-state index >= 15 is 0 Å². The van der Waals surface area contributed by atoms with Crippen LogP contribution in [0.25, 0.3) is 0 Å². The zero-order chi connectivity index (χ0) is 14.2. The molecule has 0 aliphatic carbocycles. The first-order chi connectivity index (χ1) is 9.55. The van der Waals surface area contributed by atoms with E-state index in [4.69, 9.17) is 9.47 Å². The Balaban J connectivity index is 1.76. The number of benzene rings is 1. The van der Waals surface area contributed by atoms with Crippen molar-refractivity contribution in [2.24, 2.45) is 5.92 Å². The molecule has 2 aliphatic heterocycles. The van der Waals surface area contributed by atoms with Crippen LogP contribution in [0.4, 0.5) is 0 Å². The van der Waals surface area contributed by atoms with Gasteiger partial charge >= 0.3 is 0 Å². The molecule has 0 amide bonds. The van der Waals surface area contributed by atoms with E-state index in [1.54, 1.807) is 0 Å². The second kappa shape index (κ2) is 5.38. The molecule has 1 saturated heterocycles. The third kappa shape index (κ3) is 2.84. The average Bonchev–Trinajstić information content (AvgIpc) is 2.73. The minimum Gasteiger partial charge on any atom is -0.487 e. The van der Waals surface area contributed by atoms with Crippen LogP contribution in [0.15, 0.2) is 18.2 Å². The molecule has 3 rings (SSSR count). The lowest BCUT2D eigenvalue weighted by atomic mass is 9.90. The summed E-state index contributed by atoms with van der Waals surface area (Å²) < 4.78 is 11.4. The third-order valence-electron chi connectivity index (χ3n) is 4.38. The van der Waals surface area contributed by atoms with E-state index in [0.717, 1.165) is 50.2 Å². The van der Waals surface area contributed by atoms with Crippen LogP contribution in [0.1, 0.15) is 50.3 Å². The van der Waals surface area contributed by atoms with Crippen LogP contribution < -0.4 is 4.74 Å². The zero-order valence-corrected chi connectivity index (χ0v) is 12.4. The molecule has 3 heteroatoms. The van der Waals surface area contributed by atoms with Crippen molar-refractivity contribution in [3.05, 3.63) is 29.3 Å². The van der Waals surface area contributed by atoms with E-state index in [0.29, 0.717) is 5.92 Å². The number of hydrogen-bond acceptors (Lipinski definition) is 3. The summed E-state index contributed by atoms with van der Waals surface area (Å²) in [5.74, 6) is 1.47. The first-order valence-corrected chi connectivity index (χ1v) is 7.62. The Morgan fingerprint density at radius 3 is 2.80 bits per heavy atom. The maximum absolute atomic E-state index is 10.6. The molecule has 1 aromatic carbocycles. The van der Waals surface area contributed by atoms with Crippen molar-refractivity contribution in [3.63, 3.8) is 0 Å². The van der Waals surface area contributed by atoms with Gasteiger partial charge in [-0.15, -0.1) is 0 Å². The molecule has 20 heavy (non-hydrogen) atoms. The van der Waals surface area contributed by atoms with Gasteiger partial charge in [0.2, 0.25) is 0 Å². The molecule has 0 saturated carbocycles. The van der Waals surface area contributed by atoms with Crippen LogP contribution in [-0.4, -0.2) is 23.9 Å². The summed E-state index contributed by atoms with van der Waals surface area (Å²) in [5.41, 5.74) is 2.02. The number of aliphatic hydroxyl groups is 1. The highest BCUT2D eigenvalue weighted by Crippen LogP contribution is 2.41. The maximum Gasteiger partial charge on any atom is 0.129 e. The first kappa shape index (κ1) is 13.9. The van der Waals surface area contributed by atoms with E-state index in [-0.39, 0.29) is 5.60 Å². The van der Waals surface area contributed by atoms with Crippen LogP contribution in [-0.2, 0) is 11.2 Å². The highest BCUT2D eigenvalue weighted by Gasteiger charge is 2.33. The molecular weight excluding hydrogens is 252 g/mol. The summed E-state index contributed by atoms with van der Waals surface area (Å²) in [6.45, 7) is 5.85. The molecule has 0 radical (unpaired) electrons. The Hall–Kier alpha value is -1.06. The van der Waals surface area contributed by atoms with Gasteiger partial charge in [0.25, 0.3) is 0 Å². The zero-order valence-electron chi connectivity index (χ0n) is 12.4. The fourth-order valence-corrected chi connectivity index (χ4v) is 3.33. The highest BCUT2D eigenvalue weighted by atomic mass is 16.5. The number of fused-ring (bicyclic) bond motifs is 1. The molecule has 1 atom stereocenters. The predicted molar refractivity (Wildman–Crippen MR) is 78.0 cm³/mol. The molecule has 1 aromatic rings. The van der Waals surface area contributed by atoms with Crippen molar-refractivity contribution in [2.75, 3.05) is 13.2 Å². The molecule has 2 aliphatic rings. The van der Waals surface area contributed by atoms with Gasteiger partial charge in [-0.05, 0) is 44.6 Å². The largest absolute Gasteiger partial charge is 0.487 e. The lowest BCUT2D eigenvalue weighted by Crippen LogP contribution is -2.25. The first-order valence-electron chi connectivity index (χ1n) is 7.62. The monoisotopic (exact) mass is 276 g/mol. The van der Waals surface area contributed by atoms with Gasteiger partial charge in [0.1, 0.15) is 11.4 Å². The smallest absolute Gasteiger partial charge is 0.129 e. The standard InChI is InChI=1S/C17H24O3/c1-17(2)11-13-4-3-5-14(16(13)20-17)15(18)10-12-6-8-19-9-7-12/h3-5,12,15,18H,6-11H2,1-2H3. The van der Waals surface area contributed by atoms with Crippen molar-refractivity contribution in [2.45, 2.75) is 51.2 Å². The Bertz CT molecular complexity index is 475. The minimum atomic E-state index is -0.429. The summed E-state index contributed by atoms with van der Waals surface area (Å²) in [7, 11) is 0. The van der Waals surface area contributed by atoms with Gasteiger partial charge in [-0.3, -0.25) is 0 Å². The molecule has 2 heterocycles. The van der Waals surface area contributed by atoms with E-state index in [2.05, 4.69) is 19.9 Å². The maximum atomic E-state index is 10.6. The third-order valence-corrected chi connectivity index (χ3v) is 4.38. The van der Waals surface area contributed by atoms with E-state index in [9.17, 15) is 5.11 Å². The van der Waals surface area contributed by atoms with Gasteiger partial charge in [-0.25, -0.2) is 0 Å². The van der Waals surface area contributed by atoms with Gasteiger partial charge in [0.15, 0.2) is 0 Å². The lowest BCUT2D eigenvalue weighted by molar-refractivity contribution is 0.0423. The SMILES string of the molecule is CC1(C)Cc2cccc(C(O)CC3CCOCC3)c2O1. The summed E-state index contributed by atoms with van der Waals surface area (Å²) in [4.78, 5) is 0. The average molecular weight is 276 g/mol. The number of hydrogen-bond donors (Lipinski definition) is 1. The molecule has 0 aromatic heterocycles. The van der Waals surface area contributed by atoms with Crippen molar-refractivity contribution in [1.82, 2.24) is 0 Å². The second-order valence-electron chi connectivity index (χ2n) is 6.68. The van der Waals surface area contributed by atoms with Gasteiger partial charge in [-0.2, -0.15) is 0 Å². The Labute approximate surface area is 120 Å². The Kier molecular flexibility index (Phi) is 3.74. The molecule has 0 spiro atoms. The summed E-state index contributed by atoms with van der Waals surface area (Å²) >= 11 is 0. The van der Waals surface area contributed by atoms with Crippen molar-refractivity contribution >= 4 is 0 Å². The van der Waals surface area contributed by atoms with Crippen molar-refractivity contribution in [1.29, 1.82) is 0 Å². The van der Waals surface area contributed by atoms with Crippen LogP contribution in [0.2, 0.25) is 0 Å². The molecule has 1 N–H and O–H groups in total. The van der Waals surface area contributed by atoms with Crippen LogP contribution >= 0.6 is 0 Å². The van der Waals surface area contributed by atoms with Crippen molar-refractivity contribution < 1.29 is 14.6 Å². The molecule has 1 unspecified atom stereocenters. The predicted octanol–water partition coefficient (Wildman–Crippen LogP) is 3.25. The van der Waals surface area contributed by atoms with Gasteiger partial charge in [0, 0.05) is 25.2 Å². The summed E-state index contributed by atoms with van der Waals surface area (Å²) in [5, 5.41) is 10.6. The fourth-order valence-electron chi connectivity index (χ4n) is 3.33. The van der Waals surface area contributed by atoms with Crippen LogP contribution in [0.3, 0.4) is 0 Å². The molecule has 3 nitrogen and oxygen atoms in total. The lowest BCUT2D eigenvalue weighted by Gasteiger charge is -2.25. The van der Waals surface area contributed by atoms with Crippen molar-refractivity contribution in [3.8, 4) is 5.75 Å². The Morgan fingerprint density at radius 2 is 2.05 bits per heavy atom. The fraction of sp³-hybridized carbons (Fsp3) is 0.647. The molecule has 1 fully saturated rings. The minimum absolute atomic E-state index is 0.156. The normalized spacial score (nSPS) is 23.1. The van der Waals surface area contributed by atoms with Crippen LogP contribution in [0, 0.1) is 5.92 Å². The Morgan fingerprint density at radius 1 is 1.30 bits per heavy atom. The summed E-state index contributed by atoms with van der Waals surface area (Å²) in [6, 6.07) is 6.14. The van der Waals surface area contributed by atoms with Gasteiger partial charge in [-0.1, -0.05) is 18.2 Å². The molecule has 0 bridgehead atoms. The van der Waals surface area contributed by atoms with Crippen LogP contribution in [0.5, 0.6) is 5.75 Å². The number of ether oxygens (including phenoxy) is 2. The number of para-hydroxylation sites is 1. The quantitative estimate of drug-likeness (QED) is 0.921. The number of aliphatic hydroxyl groups excluding tert-OH is 1. The van der Waals surface area contributed by atoms with E-state index in [1.807, 2.05) is 12.1 Å². The van der Waals surface area contributed by atoms with E-state index < -0.39 is 6.10 Å². The topological polar surface area (TPSA) is 38.7 Å². The number of rotatable bonds is 3. The molecular formula is C17H24O3. The second-order valence-corrected chi connectivity index (χ2v) is 6.68. The highest BCUT2D eigenvalue weighted by molar-refractivity contribution is 5.46. The van der Waals surface area contributed by atoms with Gasteiger partial charge < -0.3 is 14.6 Å². The summed E-state index contributed by atoms with van der Waals surface area (Å²) in [6.07, 6.45) is 3.41. The molecule has 110 valence electrons. The van der Waals surface area contributed by atoms with Gasteiger partial charge in [0.05, 0.1) is 6.10 Å².